The van der Waals surface area contributed by atoms with Crippen LogP contribution in [0.4, 0.5) is 0 Å². The predicted octanol–water partition coefficient (Wildman–Crippen LogP) is 2.43. The lowest BCUT2D eigenvalue weighted by atomic mass is 10.1. The van der Waals surface area contributed by atoms with Crippen LogP contribution < -0.4 is 15.1 Å². The van der Waals surface area contributed by atoms with Crippen LogP contribution in [0.2, 0.25) is 0 Å². The number of benzene rings is 1. The Morgan fingerprint density at radius 2 is 1.82 bits per heavy atom. The number of hydrogen-bond acceptors (Lipinski definition) is 6. The average Bonchev–Trinajstić information content (AvgIpc) is 2.50. The van der Waals surface area contributed by atoms with Gasteiger partial charge in [0.25, 0.3) is 0 Å². The molecule has 6 nitrogen and oxygen atoms in total. The third kappa shape index (κ3) is 3.11. The van der Waals surface area contributed by atoms with Gasteiger partial charge < -0.3 is 18.6 Å². The molecule has 0 aliphatic heterocycles. The number of fused-ring (bicyclic) bond motifs is 1. The van der Waals surface area contributed by atoms with Crippen molar-refractivity contribution in [2.75, 3.05) is 14.2 Å². The van der Waals surface area contributed by atoms with Gasteiger partial charge in [0, 0.05) is 28.7 Å². The second-order valence-electron chi connectivity index (χ2n) is 4.65. The minimum Gasteiger partial charge on any atom is -0.493 e. The summed E-state index contributed by atoms with van der Waals surface area (Å²) in [6, 6.07) is 4.50. The molecule has 0 aliphatic carbocycles. The quantitative estimate of drug-likeness (QED) is 0.480. The van der Waals surface area contributed by atoms with Crippen LogP contribution >= 0.6 is 0 Å². The first-order chi connectivity index (χ1) is 10.5. The summed E-state index contributed by atoms with van der Waals surface area (Å²) in [5, 5.41) is 0.603. The molecule has 1 aromatic carbocycles. The molecule has 0 aliphatic rings. The molecule has 0 fully saturated rings. The number of rotatable bonds is 5. The lowest BCUT2D eigenvalue weighted by molar-refractivity contribution is -0.140. The van der Waals surface area contributed by atoms with Gasteiger partial charge in [-0.1, -0.05) is 6.58 Å². The molecule has 1 heterocycles. The molecule has 0 radical (unpaired) electrons. The summed E-state index contributed by atoms with van der Waals surface area (Å²) in [4.78, 5) is 23.1. The Labute approximate surface area is 126 Å². The molecule has 116 valence electrons. The maximum absolute atomic E-state index is 11.6. The van der Waals surface area contributed by atoms with E-state index in [1.807, 2.05) is 0 Å². The minimum atomic E-state index is -0.541. The normalized spacial score (nSPS) is 10.3. The van der Waals surface area contributed by atoms with Gasteiger partial charge in [-0.3, -0.25) is 0 Å². The Morgan fingerprint density at radius 1 is 1.18 bits per heavy atom. The van der Waals surface area contributed by atoms with Crippen LogP contribution in [0.25, 0.3) is 11.0 Å². The maximum Gasteiger partial charge on any atom is 0.336 e. The fourth-order valence-electron chi connectivity index (χ4n) is 1.94. The molecule has 0 amide bonds. The molecule has 0 bridgehead atoms. The zero-order valence-electron chi connectivity index (χ0n) is 12.6. The van der Waals surface area contributed by atoms with Gasteiger partial charge in [-0.05, 0) is 13.0 Å². The first-order valence-electron chi connectivity index (χ1n) is 6.47. The van der Waals surface area contributed by atoms with E-state index in [9.17, 15) is 9.59 Å². The molecular weight excluding hydrogens is 288 g/mol. The maximum atomic E-state index is 11.6. The summed E-state index contributed by atoms with van der Waals surface area (Å²) >= 11 is 0. The summed E-state index contributed by atoms with van der Waals surface area (Å²) in [6.07, 6.45) is 0. The van der Waals surface area contributed by atoms with Crippen LogP contribution in [0.5, 0.6) is 11.5 Å². The van der Waals surface area contributed by atoms with Crippen molar-refractivity contribution < 1.29 is 23.4 Å². The Bertz CT molecular complexity index is 787. The average molecular weight is 304 g/mol. The van der Waals surface area contributed by atoms with E-state index in [4.69, 9.17) is 18.6 Å². The highest BCUT2D eigenvalue weighted by Crippen LogP contribution is 2.33. The first-order valence-corrected chi connectivity index (χ1v) is 6.47. The van der Waals surface area contributed by atoms with Gasteiger partial charge in [-0.2, -0.15) is 0 Å². The van der Waals surface area contributed by atoms with Gasteiger partial charge in [0.1, 0.15) is 12.2 Å². The molecule has 2 aromatic rings. The molecule has 0 saturated heterocycles. The van der Waals surface area contributed by atoms with Crippen LogP contribution in [-0.4, -0.2) is 20.2 Å². The van der Waals surface area contributed by atoms with Gasteiger partial charge in [0.15, 0.2) is 11.5 Å². The van der Waals surface area contributed by atoms with Crippen LogP contribution in [0.3, 0.4) is 0 Å². The fourth-order valence-corrected chi connectivity index (χ4v) is 1.94. The zero-order chi connectivity index (χ0) is 16.3. The predicted molar refractivity (Wildman–Crippen MR) is 80.2 cm³/mol. The van der Waals surface area contributed by atoms with Gasteiger partial charge in [0.05, 0.1) is 14.2 Å². The summed E-state index contributed by atoms with van der Waals surface area (Å²) in [6.45, 7) is 4.99. The third-order valence-electron chi connectivity index (χ3n) is 3.04. The van der Waals surface area contributed by atoms with E-state index in [-0.39, 0.29) is 12.2 Å². The monoisotopic (exact) mass is 304 g/mol. The molecule has 2 rings (SSSR count). The lowest BCUT2D eigenvalue weighted by Crippen LogP contribution is -2.08. The van der Waals surface area contributed by atoms with E-state index in [1.165, 1.54) is 20.3 Å². The van der Waals surface area contributed by atoms with E-state index in [0.717, 1.165) is 0 Å². The van der Waals surface area contributed by atoms with Crippen LogP contribution in [-0.2, 0) is 16.1 Å². The number of ether oxygens (including phenoxy) is 3. The molecular formula is C16H16O6. The second kappa shape index (κ2) is 6.34. The van der Waals surface area contributed by atoms with E-state index < -0.39 is 11.6 Å². The molecule has 1 aromatic heterocycles. The highest BCUT2D eigenvalue weighted by atomic mass is 16.5. The van der Waals surface area contributed by atoms with Gasteiger partial charge in [0.2, 0.25) is 0 Å². The van der Waals surface area contributed by atoms with Crippen LogP contribution in [0.1, 0.15) is 12.5 Å². The van der Waals surface area contributed by atoms with Crippen LogP contribution in [0, 0.1) is 0 Å². The molecule has 0 atom stereocenters. The van der Waals surface area contributed by atoms with Crippen molar-refractivity contribution in [3.05, 3.63) is 46.3 Å². The summed E-state index contributed by atoms with van der Waals surface area (Å²) < 4.78 is 20.6. The van der Waals surface area contributed by atoms with E-state index in [2.05, 4.69) is 6.58 Å². The Balaban J connectivity index is 2.51. The van der Waals surface area contributed by atoms with Crippen molar-refractivity contribution in [3.63, 3.8) is 0 Å². The van der Waals surface area contributed by atoms with Gasteiger partial charge in [-0.15, -0.1) is 0 Å². The Morgan fingerprint density at radius 3 is 2.41 bits per heavy atom. The number of carbonyl (C=O) groups excluding carboxylic acids is 1. The SMILES string of the molecule is C=C(C)C(=O)OCc1cc(=O)oc2cc(OC)c(OC)cc12. The number of carbonyl (C=O) groups is 1. The molecule has 0 spiro atoms. The van der Waals surface area contributed by atoms with E-state index in [1.54, 1.807) is 19.1 Å². The summed E-state index contributed by atoms with van der Waals surface area (Å²) in [5.41, 5.74) is 0.584. The molecule has 6 heteroatoms. The molecule has 0 N–H and O–H groups in total. The standard InChI is InChI=1S/C16H16O6/c1-9(2)16(18)21-8-10-5-15(17)22-12-7-14(20-4)13(19-3)6-11(10)12/h5-7H,1,8H2,2-4H3. The number of esters is 1. The van der Waals surface area contributed by atoms with E-state index in [0.29, 0.717) is 28.0 Å². The zero-order valence-corrected chi connectivity index (χ0v) is 12.6. The molecule has 0 unspecified atom stereocenters. The Kier molecular flexibility index (Phi) is 4.50. The highest BCUT2D eigenvalue weighted by molar-refractivity contribution is 5.87. The minimum absolute atomic E-state index is 0.0662. The fraction of sp³-hybridized carbons (Fsp3) is 0.250. The summed E-state index contributed by atoms with van der Waals surface area (Å²) in [7, 11) is 2.99. The lowest BCUT2D eigenvalue weighted by Gasteiger charge is -2.11. The van der Waals surface area contributed by atoms with Crippen molar-refractivity contribution in [3.8, 4) is 11.5 Å². The van der Waals surface area contributed by atoms with Crippen LogP contribution in [0.15, 0.2) is 39.6 Å². The summed E-state index contributed by atoms with van der Waals surface area (Å²) in [5.74, 6) is 0.396. The van der Waals surface area contributed by atoms with Crippen molar-refractivity contribution in [2.45, 2.75) is 13.5 Å². The smallest absolute Gasteiger partial charge is 0.336 e. The van der Waals surface area contributed by atoms with Crippen molar-refractivity contribution in [1.82, 2.24) is 0 Å². The van der Waals surface area contributed by atoms with Gasteiger partial charge in [-0.25, -0.2) is 9.59 Å². The third-order valence-corrected chi connectivity index (χ3v) is 3.04. The van der Waals surface area contributed by atoms with E-state index >= 15 is 0 Å². The second-order valence-corrected chi connectivity index (χ2v) is 4.65. The van der Waals surface area contributed by atoms with Crippen molar-refractivity contribution in [1.29, 1.82) is 0 Å². The van der Waals surface area contributed by atoms with Crippen molar-refractivity contribution >= 4 is 16.9 Å². The molecule has 0 saturated carbocycles. The largest absolute Gasteiger partial charge is 0.493 e. The first kappa shape index (κ1) is 15.6. The topological polar surface area (TPSA) is 75.0 Å². The van der Waals surface area contributed by atoms with Gasteiger partial charge >= 0.3 is 11.6 Å². The number of hydrogen-bond donors (Lipinski definition) is 0. The van der Waals surface area contributed by atoms with Crippen molar-refractivity contribution in [2.24, 2.45) is 0 Å². The number of methoxy groups -OCH3 is 2. The Hall–Kier alpha value is -2.76. The molecule has 22 heavy (non-hydrogen) atoms. The highest BCUT2D eigenvalue weighted by Gasteiger charge is 2.13.